The fraction of sp³-hybridized carbons (Fsp3) is 0.500. The third-order valence-corrected chi connectivity index (χ3v) is 5.10. The number of rotatable bonds is 3. The molecule has 0 fully saturated rings. The van der Waals surface area contributed by atoms with E-state index in [1.807, 2.05) is 20.8 Å². The number of sulfonamides is 1. The van der Waals surface area contributed by atoms with E-state index in [4.69, 9.17) is 0 Å². The second-order valence-corrected chi connectivity index (χ2v) is 8.36. The SMILES string of the molecule is CN(CC(C)(C)C)S(=O)(=O)c1c(F)cc(F)cc1Br. The average Bonchev–Trinajstić information content (AvgIpc) is 2.11. The standard InChI is InChI=1S/C12H16BrF2NO2S/c1-12(2,3)7-16(4)19(17,18)11-9(13)5-8(14)6-10(11)15/h5-6H,7H2,1-4H3. The molecule has 0 bridgehead atoms. The van der Waals surface area contributed by atoms with E-state index in [9.17, 15) is 17.2 Å². The van der Waals surface area contributed by atoms with Gasteiger partial charge in [0.05, 0.1) is 0 Å². The summed E-state index contributed by atoms with van der Waals surface area (Å²) in [5, 5.41) is 0. The smallest absolute Gasteiger partial charge is 0.207 e. The second-order valence-electron chi connectivity index (χ2n) is 5.52. The molecule has 1 aromatic rings. The van der Waals surface area contributed by atoms with E-state index < -0.39 is 26.6 Å². The summed E-state index contributed by atoms with van der Waals surface area (Å²) < 4.78 is 52.3. The molecular formula is C12H16BrF2NO2S. The molecule has 1 aromatic carbocycles. The van der Waals surface area contributed by atoms with E-state index in [1.54, 1.807) is 0 Å². The normalized spacial score (nSPS) is 13.1. The minimum Gasteiger partial charge on any atom is -0.207 e. The summed E-state index contributed by atoms with van der Waals surface area (Å²) in [6.07, 6.45) is 0. The molecule has 0 saturated heterocycles. The van der Waals surface area contributed by atoms with Gasteiger partial charge in [0.2, 0.25) is 10.0 Å². The van der Waals surface area contributed by atoms with Crippen LogP contribution in [0.1, 0.15) is 20.8 Å². The van der Waals surface area contributed by atoms with Crippen LogP contribution < -0.4 is 0 Å². The van der Waals surface area contributed by atoms with Crippen molar-refractivity contribution >= 4 is 26.0 Å². The van der Waals surface area contributed by atoms with Crippen LogP contribution in [0.15, 0.2) is 21.5 Å². The van der Waals surface area contributed by atoms with Crippen LogP contribution in [0.2, 0.25) is 0 Å². The Bertz CT molecular complexity index is 559. The lowest BCUT2D eigenvalue weighted by Crippen LogP contribution is -2.35. The van der Waals surface area contributed by atoms with Crippen LogP contribution in [0.25, 0.3) is 0 Å². The molecule has 0 N–H and O–H groups in total. The number of hydrogen-bond acceptors (Lipinski definition) is 2. The fourth-order valence-corrected chi connectivity index (χ4v) is 4.19. The molecule has 0 amide bonds. The Labute approximate surface area is 120 Å². The lowest BCUT2D eigenvalue weighted by Gasteiger charge is -2.26. The van der Waals surface area contributed by atoms with E-state index >= 15 is 0 Å². The van der Waals surface area contributed by atoms with Crippen molar-refractivity contribution in [1.82, 2.24) is 4.31 Å². The maximum Gasteiger partial charge on any atom is 0.246 e. The zero-order chi connectivity index (χ0) is 15.0. The maximum absolute atomic E-state index is 13.7. The Morgan fingerprint density at radius 1 is 1.26 bits per heavy atom. The van der Waals surface area contributed by atoms with E-state index in [0.29, 0.717) is 6.07 Å². The van der Waals surface area contributed by atoms with Gasteiger partial charge in [-0.3, -0.25) is 0 Å². The highest BCUT2D eigenvalue weighted by Crippen LogP contribution is 2.29. The Balaban J connectivity index is 3.29. The van der Waals surface area contributed by atoms with E-state index in [-0.39, 0.29) is 16.4 Å². The zero-order valence-electron chi connectivity index (χ0n) is 11.2. The van der Waals surface area contributed by atoms with Crippen LogP contribution in [-0.4, -0.2) is 26.3 Å². The van der Waals surface area contributed by atoms with Crippen molar-refractivity contribution in [2.45, 2.75) is 25.7 Å². The molecule has 0 spiro atoms. The number of hydrogen-bond donors (Lipinski definition) is 0. The first-order chi connectivity index (χ1) is 8.45. The summed E-state index contributed by atoms with van der Waals surface area (Å²) in [5.41, 5.74) is -0.273. The van der Waals surface area contributed by atoms with Gasteiger partial charge < -0.3 is 0 Å². The van der Waals surface area contributed by atoms with Gasteiger partial charge in [-0.1, -0.05) is 20.8 Å². The number of benzene rings is 1. The van der Waals surface area contributed by atoms with Crippen molar-refractivity contribution in [1.29, 1.82) is 0 Å². The highest BCUT2D eigenvalue weighted by molar-refractivity contribution is 9.10. The monoisotopic (exact) mass is 355 g/mol. The van der Waals surface area contributed by atoms with Crippen molar-refractivity contribution < 1.29 is 17.2 Å². The quantitative estimate of drug-likeness (QED) is 0.833. The van der Waals surface area contributed by atoms with Gasteiger partial charge in [0.1, 0.15) is 16.5 Å². The molecule has 3 nitrogen and oxygen atoms in total. The van der Waals surface area contributed by atoms with Gasteiger partial charge in [0.15, 0.2) is 0 Å². The predicted molar refractivity (Wildman–Crippen MR) is 73.3 cm³/mol. The first kappa shape index (κ1) is 16.5. The molecule has 0 saturated carbocycles. The van der Waals surface area contributed by atoms with Crippen molar-refractivity contribution in [3.63, 3.8) is 0 Å². The number of nitrogens with zero attached hydrogens (tertiary/aromatic N) is 1. The molecule has 0 atom stereocenters. The Morgan fingerprint density at radius 2 is 1.79 bits per heavy atom. The molecule has 7 heteroatoms. The van der Waals surface area contributed by atoms with Crippen molar-refractivity contribution in [2.75, 3.05) is 13.6 Å². The van der Waals surface area contributed by atoms with Crippen molar-refractivity contribution in [2.24, 2.45) is 5.41 Å². The summed E-state index contributed by atoms with van der Waals surface area (Å²) >= 11 is 2.90. The summed E-state index contributed by atoms with van der Waals surface area (Å²) in [6.45, 7) is 5.83. The molecule has 0 aliphatic rings. The molecule has 0 aromatic heterocycles. The van der Waals surface area contributed by atoms with Gasteiger partial charge in [-0.05, 0) is 27.4 Å². The summed E-state index contributed by atoms with van der Waals surface area (Å²) in [4.78, 5) is -0.541. The van der Waals surface area contributed by atoms with Gasteiger partial charge in [0, 0.05) is 24.1 Å². The van der Waals surface area contributed by atoms with Crippen LogP contribution in [0.4, 0.5) is 8.78 Å². The third kappa shape index (κ3) is 3.97. The molecule has 1 rings (SSSR count). The topological polar surface area (TPSA) is 37.4 Å². The predicted octanol–water partition coefficient (Wildman–Crippen LogP) is 3.39. The van der Waals surface area contributed by atoms with E-state index in [0.717, 1.165) is 10.4 Å². The van der Waals surface area contributed by atoms with Crippen LogP contribution in [-0.2, 0) is 10.0 Å². The summed E-state index contributed by atoms with van der Waals surface area (Å²) in [7, 11) is -2.63. The Hall–Kier alpha value is -0.530. The first-order valence-corrected chi connectivity index (χ1v) is 7.79. The Kier molecular flexibility index (Phi) is 4.75. The fourth-order valence-electron chi connectivity index (χ4n) is 1.68. The zero-order valence-corrected chi connectivity index (χ0v) is 13.6. The average molecular weight is 356 g/mol. The van der Waals surface area contributed by atoms with Gasteiger partial charge in [-0.15, -0.1) is 0 Å². The van der Waals surface area contributed by atoms with E-state index in [1.165, 1.54) is 7.05 Å². The molecule has 0 aliphatic carbocycles. The lowest BCUT2D eigenvalue weighted by molar-refractivity contribution is 0.310. The molecule has 0 unspecified atom stereocenters. The molecule has 0 aliphatic heterocycles. The van der Waals surface area contributed by atoms with Gasteiger partial charge >= 0.3 is 0 Å². The highest BCUT2D eigenvalue weighted by Gasteiger charge is 2.30. The van der Waals surface area contributed by atoms with Crippen molar-refractivity contribution in [3.05, 3.63) is 28.2 Å². The molecular weight excluding hydrogens is 340 g/mol. The minimum atomic E-state index is -4.01. The minimum absolute atomic E-state index is 0.120. The second kappa shape index (κ2) is 5.46. The molecule has 19 heavy (non-hydrogen) atoms. The van der Waals surface area contributed by atoms with Crippen LogP contribution in [0.5, 0.6) is 0 Å². The highest BCUT2D eigenvalue weighted by atomic mass is 79.9. The summed E-state index contributed by atoms with van der Waals surface area (Å²) in [5.74, 6) is -1.94. The molecule has 0 radical (unpaired) electrons. The van der Waals surface area contributed by atoms with Crippen LogP contribution >= 0.6 is 15.9 Å². The lowest BCUT2D eigenvalue weighted by atomic mass is 9.97. The first-order valence-electron chi connectivity index (χ1n) is 5.56. The maximum atomic E-state index is 13.7. The summed E-state index contributed by atoms with van der Waals surface area (Å²) in [6, 6.07) is 1.49. The Morgan fingerprint density at radius 3 is 2.21 bits per heavy atom. The largest absolute Gasteiger partial charge is 0.246 e. The third-order valence-electron chi connectivity index (χ3n) is 2.33. The molecule has 0 heterocycles. The van der Waals surface area contributed by atoms with Crippen LogP contribution in [0.3, 0.4) is 0 Å². The number of halogens is 3. The van der Waals surface area contributed by atoms with Gasteiger partial charge in [-0.25, -0.2) is 21.5 Å². The van der Waals surface area contributed by atoms with E-state index in [2.05, 4.69) is 15.9 Å². The van der Waals surface area contributed by atoms with Gasteiger partial charge in [-0.2, -0.15) is 0 Å². The molecule has 108 valence electrons. The van der Waals surface area contributed by atoms with Crippen LogP contribution in [0, 0.1) is 17.0 Å². The van der Waals surface area contributed by atoms with Gasteiger partial charge in [0.25, 0.3) is 0 Å². The van der Waals surface area contributed by atoms with Crippen molar-refractivity contribution in [3.8, 4) is 0 Å².